The van der Waals surface area contributed by atoms with Gasteiger partial charge in [-0.25, -0.2) is 4.79 Å². The highest BCUT2D eigenvalue weighted by Crippen LogP contribution is 2.26. The first-order valence-electron chi connectivity index (χ1n) is 13.3. The summed E-state index contributed by atoms with van der Waals surface area (Å²) in [5, 5.41) is 9.28. The molecule has 1 N–H and O–H groups in total. The van der Waals surface area contributed by atoms with Crippen molar-refractivity contribution in [2.45, 2.75) is 32.7 Å². The smallest absolute Gasteiger partial charge is 0.333 e. The predicted molar refractivity (Wildman–Crippen MR) is 156 cm³/mol. The molecule has 0 saturated carbocycles. The molecule has 4 aromatic carbocycles. The molecule has 6 nitrogen and oxygen atoms in total. The average Bonchev–Trinajstić information content (AvgIpc) is 2.99. The van der Waals surface area contributed by atoms with E-state index in [1.807, 2.05) is 115 Å². The normalized spacial score (nSPS) is 11.7. The monoisotopic (exact) mass is 538 g/mol. The molecule has 0 aliphatic rings. The van der Waals surface area contributed by atoms with E-state index in [1.54, 1.807) is 6.92 Å². The van der Waals surface area contributed by atoms with Crippen molar-refractivity contribution in [1.82, 2.24) is 0 Å². The van der Waals surface area contributed by atoms with Gasteiger partial charge in [0, 0.05) is 19.1 Å². The minimum absolute atomic E-state index is 0.306. The Labute approximate surface area is 235 Å². The molecule has 0 aromatic heterocycles. The highest BCUT2D eigenvalue weighted by atomic mass is 16.5. The van der Waals surface area contributed by atoms with Crippen LogP contribution in [0.4, 0.5) is 0 Å². The van der Waals surface area contributed by atoms with Crippen molar-refractivity contribution in [1.29, 1.82) is 0 Å². The van der Waals surface area contributed by atoms with Gasteiger partial charge >= 0.3 is 5.97 Å². The van der Waals surface area contributed by atoms with Crippen LogP contribution < -0.4 is 14.2 Å². The summed E-state index contributed by atoms with van der Waals surface area (Å²) in [6.45, 7) is 3.43. The zero-order chi connectivity index (χ0) is 28.0. The van der Waals surface area contributed by atoms with Gasteiger partial charge in [-0.15, -0.1) is 0 Å². The Balaban J connectivity index is 1.37. The van der Waals surface area contributed by atoms with Crippen LogP contribution in [0.1, 0.15) is 29.2 Å². The molecule has 0 radical (unpaired) electrons. The fourth-order valence-electron chi connectivity index (χ4n) is 4.02. The Hall–Kier alpha value is -4.55. The van der Waals surface area contributed by atoms with Gasteiger partial charge < -0.3 is 24.1 Å². The molecule has 0 amide bonds. The Morgan fingerprint density at radius 1 is 0.725 bits per heavy atom. The van der Waals surface area contributed by atoms with Crippen LogP contribution >= 0.6 is 0 Å². The van der Waals surface area contributed by atoms with E-state index >= 15 is 0 Å². The second-order valence-electron chi connectivity index (χ2n) is 9.13. The first-order chi connectivity index (χ1) is 19.6. The van der Waals surface area contributed by atoms with Crippen LogP contribution in [0.5, 0.6) is 17.2 Å². The van der Waals surface area contributed by atoms with Crippen molar-refractivity contribution >= 4 is 12.0 Å². The summed E-state index contributed by atoms with van der Waals surface area (Å²) in [5.74, 6) is 1.17. The van der Waals surface area contributed by atoms with E-state index in [1.165, 1.54) is 0 Å². The Bertz CT molecular complexity index is 1290. The molecule has 0 fully saturated rings. The van der Waals surface area contributed by atoms with Gasteiger partial charge in [0.05, 0.1) is 0 Å². The fraction of sp³-hybridized carbons (Fsp3) is 0.206. The molecule has 0 saturated heterocycles. The van der Waals surface area contributed by atoms with Gasteiger partial charge in [0.15, 0.2) is 6.10 Å². The third-order valence-corrected chi connectivity index (χ3v) is 6.04. The lowest BCUT2D eigenvalue weighted by Gasteiger charge is -2.12. The molecular formula is C34H34O6. The molecule has 4 rings (SSSR count). The van der Waals surface area contributed by atoms with E-state index in [2.05, 4.69) is 0 Å². The summed E-state index contributed by atoms with van der Waals surface area (Å²) in [6, 6.07) is 33.3. The molecule has 206 valence electrons. The van der Waals surface area contributed by atoms with Crippen molar-refractivity contribution in [3.8, 4) is 17.2 Å². The summed E-state index contributed by atoms with van der Waals surface area (Å²) < 4.78 is 23.3. The zero-order valence-electron chi connectivity index (χ0n) is 22.6. The number of carbonyl (C=O) groups is 1. The largest absolute Gasteiger partial charge is 0.490 e. The highest BCUT2D eigenvalue weighted by molar-refractivity contribution is 5.72. The van der Waals surface area contributed by atoms with Gasteiger partial charge in [-0.05, 0) is 59.5 Å². The van der Waals surface area contributed by atoms with Gasteiger partial charge in [0.25, 0.3) is 0 Å². The van der Waals surface area contributed by atoms with Crippen molar-refractivity contribution in [3.63, 3.8) is 0 Å². The third kappa shape index (κ3) is 9.33. The summed E-state index contributed by atoms with van der Waals surface area (Å²) in [4.78, 5) is 11.3. The Kier molecular flexibility index (Phi) is 10.8. The number of carboxylic acids is 1. The van der Waals surface area contributed by atoms with Crippen molar-refractivity contribution < 1.29 is 28.8 Å². The first-order valence-corrected chi connectivity index (χ1v) is 13.3. The van der Waals surface area contributed by atoms with E-state index in [4.69, 9.17) is 18.9 Å². The van der Waals surface area contributed by atoms with Crippen LogP contribution in [-0.2, 0) is 29.2 Å². The molecular weight excluding hydrogens is 504 g/mol. The highest BCUT2D eigenvalue weighted by Gasteiger charge is 2.17. The number of hydrogen-bond acceptors (Lipinski definition) is 5. The van der Waals surface area contributed by atoms with Crippen molar-refractivity contribution in [3.05, 3.63) is 131 Å². The van der Waals surface area contributed by atoms with E-state index < -0.39 is 12.1 Å². The Morgan fingerprint density at radius 2 is 1.30 bits per heavy atom. The fourth-order valence-corrected chi connectivity index (χ4v) is 4.02. The molecule has 1 atom stereocenters. The van der Waals surface area contributed by atoms with Gasteiger partial charge in [-0.1, -0.05) is 78.9 Å². The van der Waals surface area contributed by atoms with Gasteiger partial charge in [0.1, 0.15) is 37.1 Å². The lowest BCUT2D eigenvalue weighted by atomic mass is 10.1. The molecule has 0 bridgehead atoms. The number of carboxylic acid groups (broad SMARTS) is 1. The number of ether oxygens (including phenoxy) is 4. The Morgan fingerprint density at radius 3 is 1.82 bits per heavy atom. The molecule has 0 aliphatic carbocycles. The van der Waals surface area contributed by atoms with E-state index in [9.17, 15) is 9.90 Å². The third-order valence-electron chi connectivity index (χ3n) is 6.04. The molecule has 6 heteroatoms. The lowest BCUT2D eigenvalue weighted by Crippen LogP contribution is -2.26. The van der Waals surface area contributed by atoms with Gasteiger partial charge in [-0.3, -0.25) is 0 Å². The molecule has 0 spiro atoms. The van der Waals surface area contributed by atoms with Crippen LogP contribution in [0.15, 0.2) is 109 Å². The second-order valence-corrected chi connectivity index (χ2v) is 9.13. The van der Waals surface area contributed by atoms with Crippen LogP contribution in [0, 0.1) is 0 Å². The number of aliphatic carboxylic acids is 1. The summed E-state index contributed by atoms with van der Waals surface area (Å²) in [7, 11) is 0. The maximum atomic E-state index is 11.3. The average molecular weight is 539 g/mol. The summed E-state index contributed by atoms with van der Waals surface area (Å²) in [6.07, 6.45) is 3.36. The van der Waals surface area contributed by atoms with Crippen molar-refractivity contribution in [2.75, 3.05) is 13.2 Å². The molecule has 4 aromatic rings. The number of hydrogen-bond donors (Lipinski definition) is 1. The quantitative estimate of drug-likeness (QED) is 0.176. The molecule has 40 heavy (non-hydrogen) atoms. The summed E-state index contributed by atoms with van der Waals surface area (Å²) in [5.41, 5.74) is 3.99. The minimum Gasteiger partial charge on any atom is -0.490 e. The van der Waals surface area contributed by atoms with E-state index in [0.29, 0.717) is 38.6 Å². The van der Waals surface area contributed by atoms with Crippen LogP contribution in [0.2, 0.25) is 0 Å². The first kappa shape index (κ1) is 28.5. The minimum atomic E-state index is -0.963. The van der Waals surface area contributed by atoms with Crippen LogP contribution in [-0.4, -0.2) is 30.4 Å². The van der Waals surface area contributed by atoms with E-state index in [0.717, 1.165) is 33.8 Å². The molecule has 0 heterocycles. The van der Waals surface area contributed by atoms with E-state index in [-0.39, 0.29) is 0 Å². The standard InChI is InChI=1S/C34H34O6/c1-2-37-33(34(35)36)22-26-15-17-30(18-16-26)38-19-9-14-29-20-31(39-24-27-10-5-3-6-11-27)23-32(21-29)40-25-28-12-7-4-8-13-28/h3-18,20-21,23,33H,2,19,22,24-25H2,1H3,(H,35,36). The lowest BCUT2D eigenvalue weighted by molar-refractivity contribution is -0.149. The van der Waals surface area contributed by atoms with Gasteiger partial charge in [-0.2, -0.15) is 0 Å². The van der Waals surface area contributed by atoms with Crippen LogP contribution in [0.25, 0.3) is 6.08 Å². The predicted octanol–water partition coefficient (Wildman–Crippen LogP) is 6.97. The SMILES string of the molecule is CCOC(Cc1ccc(OCC=Cc2cc(OCc3ccccc3)cc(OCc3ccccc3)c2)cc1)C(=O)O. The second kappa shape index (κ2) is 15.1. The maximum Gasteiger partial charge on any atom is 0.333 e. The summed E-state index contributed by atoms with van der Waals surface area (Å²) >= 11 is 0. The topological polar surface area (TPSA) is 74.2 Å². The molecule has 1 unspecified atom stereocenters. The van der Waals surface area contributed by atoms with Crippen LogP contribution in [0.3, 0.4) is 0 Å². The van der Waals surface area contributed by atoms with Crippen molar-refractivity contribution in [2.24, 2.45) is 0 Å². The zero-order valence-corrected chi connectivity index (χ0v) is 22.6. The number of benzene rings is 4. The van der Waals surface area contributed by atoms with Gasteiger partial charge in [0.2, 0.25) is 0 Å². The number of rotatable bonds is 15. The maximum absolute atomic E-state index is 11.3. The molecule has 0 aliphatic heterocycles.